The Morgan fingerprint density at radius 3 is 2.55 bits per heavy atom. The Hall–Kier alpha value is -3.07. The second kappa shape index (κ2) is 11.8. The molecule has 1 fully saturated rings. The molecule has 1 aliphatic carbocycles. The van der Waals surface area contributed by atoms with E-state index in [1.807, 2.05) is 18.2 Å². The maximum absolute atomic E-state index is 15.1. The van der Waals surface area contributed by atoms with Gasteiger partial charge in [0.15, 0.2) is 17.9 Å². The summed E-state index contributed by atoms with van der Waals surface area (Å²) in [6.07, 6.45) is 1.67. The van der Waals surface area contributed by atoms with Gasteiger partial charge in [-0.15, -0.1) is 0 Å². The average Bonchev–Trinajstić information content (AvgIpc) is 3.26. The van der Waals surface area contributed by atoms with E-state index >= 15 is 4.39 Å². The van der Waals surface area contributed by atoms with Gasteiger partial charge < -0.3 is 24.4 Å². The van der Waals surface area contributed by atoms with Crippen LogP contribution < -0.4 is 9.47 Å². The predicted molar refractivity (Wildman–Crippen MR) is 140 cm³/mol. The van der Waals surface area contributed by atoms with Crippen LogP contribution in [0.1, 0.15) is 68.2 Å². The normalized spacial score (nSPS) is 18.3. The fraction of sp³-hybridized carbons (Fsp3) is 0.433. The van der Waals surface area contributed by atoms with Crippen molar-refractivity contribution >= 4 is 0 Å². The molecule has 0 spiro atoms. The van der Waals surface area contributed by atoms with Crippen molar-refractivity contribution in [3.05, 3.63) is 77.0 Å². The molecule has 38 heavy (non-hydrogen) atoms. The van der Waals surface area contributed by atoms with Crippen LogP contribution >= 0.6 is 0 Å². The van der Waals surface area contributed by atoms with E-state index in [2.05, 4.69) is 18.8 Å². The number of methoxy groups -OCH3 is 2. The molecule has 2 aromatic carbocycles. The molecular formula is C30H35F2NO5. The van der Waals surface area contributed by atoms with Gasteiger partial charge in [0.05, 0.1) is 19.4 Å². The van der Waals surface area contributed by atoms with Gasteiger partial charge in [-0.05, 0) is 46.9 Å². The monoisotopic (exact) mass is 527 g/mol. The third-order valence-corrected chi connectivity index (χ3v) is 7.52. The minimum absolute atomic E-state index is 0.00908. The second-order valence-electron chi connectivity index (χ2n) is 10.5. The van der Waals surface area contributed by atoms with Crippen LogP contribution in [0.15, 0.2) is 48.7 Å². The van der Waals surface area contributed by atoms with Crippen LogP contribution in [0.5, 0.6) is 11.6 Å². The molecule has 8 heteroatoms. The van der Waals surface area contributed by atoms with E-state index in [9.17, 15) is 14.6 Å². The lowest BCUT2D eigenvalue weighted by atomic mass is 9.75. The first-order valence-corrected chi connectivity index (χ1v) is 12.8. The number of rotatable bonds is 10. The van der Waals surface area contributed by atoms with Gasteiger partial charge in [-0.3, -0.25) is 0 Å². The van der Waals surface area contributed by atoms with Gasteiger partial charge in [0.2, 0.25) is 5.88 Å². The van der Waals surface area contributed by atoms with Crippen molar-refractivity contribution in [2.75, 3.05) is 14.2 Å². The smallest absolute Gasteiger partial charge is 0.213 e. The molecule has 0 radical (unpaired) electrons. The molecule has 0 aliphatic heterocycles. The van der Waals surface area contributed by atoms with Crippen LogP contribution in [0.25, 0.3) is 11.1 Å². The number of pyridine rings is 1. The van der Waals surface area contributed by atoms with Gasteiger partial charge in [-0.2, -0.15) is 0 Å². The van der Waals surface area contributed by atoms with Gasteiger partial charge in [0.1, 0.15) is 12.4 Å². The molecule has 204 valence electrons. The zero-order valence-corrected chi connectivity index (χ0v) is 22.2. The summed E-state index contributed by atoms with van der Waals surface area (Å²) in [6.45, 7) is 4.54. The molecule has 0 amide bonds. The summed E-state index contributed by atoms with van der Waals surface area (Å²) in [5.74, 6) is -0.587. The van der Waals surface area contributed by atoms with Crippen molar-refractivity contribution in [1.82, 2.24) is 4.98 Å². The minimum atomic E-state index is -1.25. The molecule has 3 atom stereocenters. The minimum Gasteiger partial charge on any atom is -0.486 e. The van der Waals surface area contributed by atoms with Crippen molar-refractivity contribution in [1.29, 1.82) is 0 Å². The zero-order chi connectivity index (χ0) is 27.4. The van der Waals surface area contributed by atoms with Crippen LogP contribution in [0.2, 0.25) is 0 Å². The summed E-state index contributed by atoms with van der Waals surface area (Å²) in [5.41, 5.74) is 3.08. The Morgan fingerprint density at radius 1 is 1.08 bits per heavy atom. The number of benzene rings is 2. The summed E-state index contributed by atoms with van der Waals surface area (Å²) in [7, 11) is 2.80. The molecule has 2 N–H and O–H groups in total. The third kappa shape index (κ3) is 5.98. The number of hydrogen-bond donors (Lipinski definition) is 2. The number of aliphatic hydroxyl groups excluding tert-OH is 2. The Bertz CT molecular complexity index is 1270. The van der Waals surface area contributed by atoms with Crippen molar-refractivity contribution < 1.29 is 33.2 Å². The van der Waals surface area contributed by atoms with Crippen LogP contribution in [-0.4, -0.2) is 35.7 Å². The summed E-state index contributed by atoms with van der Waals surface area (Å²) in [6, 6.07) is 11.9. The van der Waals surface area contributed by atoms with E-state index in [1.54, 1.807) is 12.1 Å². The number of aromatic nitrogens is 1. The van der Waals surface area contributed by atoms with Gasteiger partial charge in [0, 0.05) is 30.7 Å². The van der Waals surface area contributed by atoms with Gasteiger partial charge in [-0.25, -0.2) is 13.8 Å². The Morgan fingerprint density at radius 2 is 1.87 bits per heavy atom. The first-order valence-electron chi connectivity index (χ1n) is 12.8. The Kier molecular flexibility index (Phi) is 8.65. The van der Waals surface area contributed by atoms with E-state index < -0.39 is 24.0 Å². The maximum Gasteiger partial charge on any atom is 0.213 e. The van der Waals surface area contributed by atoms with Crippen LogP contribution in [0, 0.1) is 17.0 Å². The summed E-state index contributed by atoms with van der Waals surface area (Å²) >= 11 is 0. The molecule has 3 aromatic rings. The van der Waals surface area contributed by atoms with Crippen molar-refractivity contribution in [2.45, 2.75) is 64.4 Å². The van der Waals surface area contributed by atoms with E-state index in [0.717, 1.165) is 36.0 Å². The molecule has 6 nitrogen and oxygen atoms in total. The lowest BCUT2D eigenvalue weighted by Gasteiger charge is -2.30. The Labute approximate surface area is 222 Å². The molecule has 0 saturated heterocycles. The quantitative estimate of drug-likeness (QED) is 0.301. The fourth-order valence-corrected chi connectivity index (χ4v) is 5.35. The van der Waals surface area contributed by atoms with E-state index in [0.29, 0.717) is 11.4 Å². The standard InChI is InChI=1S/C30H35F2NO5/c1-30(2)12-6-8-23(30)21-13-18(10-11-19(21)22-14-27(36-3)33-16-24(22)31)17-38-26-9-5-7-20(29(26)32)25(34)15-28(35)37-4/h5,7,9-11,13-14,16,23,25,28,34-35H,6,8,12,15,17H2,1-4H3/t23-,25-,28?/m1/s1. The fourth-order valence-electron chi connectivity index (χ4n) is 5.35. The number of hydrogen-bond acceptors (Lipinski definition) is 6. The van der Waals surface area contributed by atoms with E-state index in [1.165, 1.54) is 32.5 Å². The van der Waals surface area contributed by atoms with Gasteiger partial charge in [-0.1, -0.05) is 50.6 Å². The van der Waals surface area contributed by atoms with Gasteiger partial charge in [0.25, 0.3) is 0 Å². The molecule has 1 aliphatic rings. The molecule has 1 unspecified atom stereocenters. The summed E-state index contributed by atoms with van der Waals surface area (Å²) in [4.78, 5) is 3.98. The SMILES string of the molecule is COc1cc(-c2ccc(COc3cccc([C@H](O)CC(O)OC)c3F)cc2[C@H]2CCCC2(C)C)c(F)cn1. The van der Waals surface area contributed by atoms with Crippen molar-refractivity contribution in [3.8, 4) is 22.8 Å². The second-order valence-corrected chi connectivity index (χ2v) is 10.5. The molecule has 4 rings (SSSR count). The first kappa shape index (κ1) is 28.0. The topological polar surface area (TPSA) is 81.0 Å². The van der Waals surface area contributed by atoms with Gasteiger partial charge >= 0.3 is 0 Å². The highest BCUT2D eigenvalue weighted by atomic mass is 19.1. The van der Waals surface area contributed by atoms with Crippen molar-refractivity contribution in [2.24, 2.45) is 5.41 Å². The molecular weight excluding hydrogens is 492 g/mol. The lowest BCUT2D eigenvalue weighted by Crippen LogP contribution is -2.17. The van der Waals surface area contributed by atoms with Crippen molar-refractivity contribution in [3.63, 3.8) is 0 Å². The highest BCUT2D eigenvalue weighted by Gasteiger charge is 2.37. The molecule has 0 bridgehead atoms. The Balaban J connectivity index is 1.65. The summed E-state index contributed by atoms with van der Waals surface area (Å²) in [5, 5.41) is 20.0. The summed E-state index contributed by atoms with van der Waals surface area (Å²) < 4.78 is 45.9. The zero-order valence-electron chi connectivity index (χ0n) is 22.2. The highest BCUT2D eigenvalue weighted by Crippen LogP contribution is 2.51. The highest BCUT2D eigenvalue weighted by molar-refractivity contribution is 5.70. The molecule has 1 heterocycles. The predicted octanol–water partition coefficient (Wildman–Crippen LogP) is 6.30. The van der Waals surface area contributed by atoms with Crippen LogP contribution in [-0.2, 0) is 11.3 Å². The van der Waals surface area contributed by atoms with E-state index in [-0.39, 0.29) is 35.7 Å². The lowest BCUT2D eigenvalue weighted by molar-refractivity contribution is -0.0986. The number of halogens is 2. The van der Waals surface area contributed by atoms with Crippen LogP contribution in [0.4, 0.5) is 8.78 Å². The molecule has 1 saturated carbocycles. The maximum atomic E-state index is 15.1. The first-order chi connectivity index (χ1) is 18.1. The van der Waals surface area contributed by atoms with E-state index in [4.69, 9.17) is 14.2 Å². The number of aliphatic hydroxyl groups is 2. The molecule has 1 aromatic heterocycles. The largest absolute Gasteiger partial charge is 0.486 e. The average molecular weight is 528 g/mol. The van der Waals surface area contributed by atoms with Crippen LogP contribution in [0.3, 0.4) is 0 Å². The third-order valence-electron chi connectivity index (χ3n) is 7.52. The number of ether oxygens (including phenoxy) is 3. The number of nitrogens with zero attached hydrogens (tertiary/aromatic N) is 1.